The molecule has 2 atom stereocenters. The van der Waals surface area contributed by atoms with Crippen molar-refractivity contribution in [2.24, 2.45) is 11.3 Å². The van der Waals surface area contributed by atoms with Crippen LogP contribution < -0.4 is 4.74 Å². The Morgan fingerprint density at radius 2 is 1.95 bits per heavy atom. The van der Waals surface area contributed by atoms with Gasteiger partial charge in [0.25, 0.3) is 0 Å². The zero-order chi connectivity index (χ0) is 15.5. The Bertz CT molecular complexity index is 728. The number of fused-ring (bicyclic) bond motifs is 2. The van der Waals surface area contributed by atoms with E-state index >= 15 is 0 Å². The molecule has 0 N–H and O–H groups in total. The first kappa shape index (κ1) is 14.5. The molecule has 0 spiro atoms. The molecule has 22 heavy (non-hydrogen) atoms. The fourth-order valence-corrected chi connectivity index (χ4v) is 6.15. The standard InChI is InChI=1S/C17H23NO3S/c1-17-9-12(17)10-18(11-17)22(19,20)16-8-7-15(21-2)13-5-3-4-6-14(13)16/h7-8,12H,3-6,9-11H2,1-2H3. The van der Waals surface area contributed by atoms with Crippen molar-refractivity contribution in [2.75, 3.05) is 20.2 Å². The van der Waals surface area contributed by atoms with E-state index in [0.29, 0.717) is 23.9 Å². The summed E-state index contributed by atoms with van der Waals surface area (Å²) in [4.78, 5) is 0.521. The lowest BCUT2D eigenvalue weighted by atomic mass is 9.91. The van der Waals surface area contributed by atoms with Gasteiger partial charge < -0.3 is 4.74 Å². The predicted molar refractivity (Wildman–Crippen MR) is 84.6 cm³/mol. The van der Waals surface area contributed by atoms with Gasteiger partial charge in [0.15, 0.2) is 0 Å². The van der Waals surface area contributed by atoms with Gasteiger partial charge in [0.05, 0.1) is 12.0 Å². The highest BCUT2D eigenvalue weighted by Gasteiger charge is 2.58. The van der Waals surface area contributed by atoms with E-state index in [2.05, 4.69) is 6.92 Å². The molecule has 0 radical (unpaired) electrons. The number of piperidine rings is 1. The SMILES string of the molecule is COc1ccc(S(=O)(=O)N2CC3CC3(C)C2)c2c1CCCC2. The molecule has 4 rings (SSSR count). The van der Waals surface area contributed by atoms with Gasteiger partial charge in [-0.25, -0.2) is 8.42 Å². The smallest absolute Gasteiger partial charge is 0.243 e. The van der Waals surface area contributed by atoms with Crippen molar-refractivity contribution in [3.8, 4) is 5.75 Å². The molecule has 2 fully saturated rings. The molecule has 0 aromatic heterocycles. The summed E-state index contributed by atoms with van der Waals surface area (Å²) in [6.07, 6.45) is 5.11. The van der Waals surface area contributed by atoms with Gasteiger partial charge in [-0.15, -0.1) is 0 Å². The highest BCUT2D eigenvalue weighted by Crippen LogP contribution is 2.58. The largest absolute Gasteiger partial charge is 0.496 e. The van der Waals surface area contributed by atoms with Crippen molar-refractivity contribution < 1.29 is 13.2 Å². The molecule has 1 aromatic rings. The summed E-state index contributed by atoms with van der Waals surface area (Å²) < 4.78 is 33.3. The molecule has 2 unspecified atom stereocenters. The van der Waals surface area contributed by atoms with Crippen LogP contribution in [0.1, 0.15) is 37.3 Å². The van der Waals surface area contributed by atoms with Crippen LogP contribution in [0, 0.1) is 11.3 Å². The maximum absolute atomic E-state index is 13.1. The minimum Gasteiger partial charge on any atom is -0.496 e. The first-order valence-corrected chi connectivity index (χ1v) is 9.58. The summed E-state index contributed by atoms with van der Waals surface area (Å²) in [7, 11) is -1.71. The van der Waals surface area contributed by atoms with Crippen molar-refractivity contribution in [2.45, 2.75) is 43.9 Å². The number of benzene rings is 1. The highest BCUT2D eigenvalue weighted by atomic mass is 32.2. The van der Waals surface area contributed by atoms with Crippen LogP contribution in [-0.2, 0) is 22.9 Å². The van der Waals surface area contributed by atoms with Gasteiger partial charge in [-0.05, 0) is 66.7 Å². The summed E-state index contributed by atoms with van der Waals surface area (Å²) in [5, 5.41) is 0. The van der Waals surface area contributed by atoms with Crippen LogP contribution in [0.2, 0.25) is 0 Å². The molecular weight excluding hydrogens is 298 g/mol. The Hall–Kier alpha value is -1.07. The Morgan fingerprint density at radius 1 is 1.23 bits per heavy atom. The van der Waals surface area contributed by atoms with Crippen LogP contribution in [0.4, 0.5) is 0 Å². The summed E-state index contributed by atoms with van der Waals surface area (Å²) in [5.74, 6) is 1.40. The first-order valence-electron chi connectivity index (χ1n) is 8.14. The lowest BCUT2D eigenvalue weighted by Gasteiger charge is -2.25. The van der Waals surface area contributed by atoms with Gasteiger partial charge in [0.1, 0.15) is 5.75 Å². The Labute approximate surface area is 132 Å². The number of nitrogens with zero attached hydrogens (tertiary/aromatic N) is 1. The average molecular weight is 321 g/mol. The van der Waals surface area contributed by atoms with Gasteiger partial charge in [0.2, 0.25) is 10.0 Å². The van der Waals surface area contributed by atoms with E-state index in [9.17, 15) is 8.42 Å². The summed E-state index contributed by atoms with van der Waals surface area (Å²) in [6.45, 7) is 3.58. The second-order valence-corrected chi connectivity index (χ2v) is 9.19. The van der Waals surface area contributed by atoms with E-state index in [1.165, 1.54) is 6.42 Å². The average Bonchev–Trinajstić information content (AvgIpc) is 3.03. The molecule has 5 heteroatoms. The normalized spacial score (nSPS) is 30.7. The summed E-state index contributed by atoms with van der Waals surface area (Å²) in [6, 6.07) is 3.58. The Morgan fingerprint density at radius 3 is 2.59 bits per heavy atom. The van der Waals surface area contributed by atoms with Gasteiger partial charge in [-0.3, -0.25) is 0 Å². The fraction of sp³-hybridized carbons (Fsp3) is 0.647. The predicted octanol–water partition coefficient (Wildman–Crippen LogP) is 2.60. The minimum atomic E-state index is -3.37. The first-order chi connectivity index (χ1) is 10.5. The summed E-state index contributed by atoms with van der Waals surface area (Å²) in [5.41, 5.74) is 2.33. The molecule has 120 valence electrons. The molecule has 1 saturated heterocycles. The fourth-order valence-electron chi connectivity index (χ4n) is 4.25. The second-order valence-electron chi connectivity index (χ2n) is 7.28. The van der Waals surface area contributed by atoms with E-state index in [4.69, 9.17) is 4.74 Å². The number of hydrogen-bond acceptors (Lipinski definition) is 3. The molecule has 1 saturated carbocycles. The molecule has 3 aliphatic rings. The molecule has 1 aliphatic heterocycles. The van der Waals surface area contributed by atoms with Gasteiger partial charge in [-0.2, -0.15) is 4.31 Å². The van der Waals surface area contributed by atoms with Crippen LogP contribution in [0.5, 0.6) is 5.75 Å². The molecule has 1 heterocycles. The van der Waals surface area contributed by atoms with Crippen LogP contribution in [0.25, 0.3) is 0 Å². The number of hydrogen-bond donors (Lipinski definition) is 0. The quantitative estimate of drug-likeness (QED) is 0.860. The van der Waals surface area contributed by atoms with Crippen molar-refractivity contribution in [3.63, 3.8) is 0 Å². The van der Waals surface area contributed by atoms with Gasteiger partial charge >= 0.3 is 0 Å². The number of sulfonamides is 1. The number of rotatable bonds is 3. The lowest BCUT2D eigenvalue weighted by molar-refractivity contribution is 0.402. The van der Waals surface area contributed by atoms with Crippen LogP contribution in [-0.4, -0.2) is 32.9 Å². The van der Waals surface area contributed by atoms with E-state index in [1.54, 1.807) is 17.5 Å². The van der Waals surface area contributed by atoms with Crippen molar-refractivity contribution >= 4 is 10.0 Å². The molecule has 2 aliphatic carbocycles. The summed E-state index contributed by atoms with van der Waals surface area (Å²) >= 11 is 0. The van der Waals surface area contributed by atoms with Crippen LogP contribution in [0.15, 0.2) is 17.0 Å². The van der Waals surface area contributed by atoms with Crippen molar-refractivity contribution in [1.82, 2.24) is 4.31 Å². The van der Waals surface area contributed by atoms with E-state index in [-0.39, 0.29) is 5.41 Å². The van der Waals surface area contributed by atoms with Gasteiger partial charge in [0, 0.05) is 13.1 Å². The molecule has 0 amide bonds. The minimum absolute atomic E-state index is 0.236. The number of methoxy groups -OCH3 is 1. The van der Waals surface area contributed by atoms with Crippen molar-refractivity contribution in [3.05, 3.63) is 23.3 Å². The molecular formula is C17H23NO3S. The van der Waals surface area contributed by atoms with E-state index < -0.39 is 10.0 Å². The third-order valence-electron chi connectivity index (χ3n) is 5.79. The monoisotopic (exact) mass is 321 g/mol. The van der Waals surface area contributed by atoms with Crippen LogP contribution in [0.3, 0.4) is 0 Å². The third-order valence-corrected chi connectivity index (χ3v) is 7.68. The third kappa shape index (κ3) is 2.02. The van der Waals surface area contributed by atoms with E-state index in [1.807, 2.05) is 6.07 Å². The van der Waals surface area contributed by atoms with E-state index in [0.717, 1.165) is 42.6 Å². The van der Waals surface area contributed by atoms with Crippen molar-refractivity contribution in [1.29, 1.82) is 0 Å². The maximum Gasteiger partial charge on any atom is 0.243 e. The maximum atomic E-state index is 13.1. The number of ether oxygens (including phenoxy) is 1. The zero-order valence-electron chi connectivity index (χ0n) is 13.3. The Kier molecular flexibility index (Phi) is 3.11. The van der Waals surface area contributed by atoms with Crippen LogP contribution >= 0.6 is 0 Å². The highest BCUT2D eigenvalue weighted by molar-refractivity contribution is 7.89. The topological polar surface area (TPSA) is 46.6 Å². The Balaban J connectivity index is 1.76. The van der Waals surface area contributed by atoms with Gasteiger partial charge in [-0.1, -0.05) is 6.92 Å². The molecule has 4 nitrogen and oxygen atoms in total. The second kappa shape index (κ2) is 4.71. The molecule has 0 bridgehead atoms. The zero-order valence-corrected chi connectivity index (χ0v) is 14.1. The lowest BCUT2D eigenvalue weighted by Crippen LogP contribution is -2.32. The molecule has 1 aromatic carbocycles.